The zero-order chi connectivity index (χ0) is 9.14. The molecule has 1 rings (SSSR count). The van der Waals surface area contributed by atoms with E-state index in [0.29, 0.717) is 0 Å². The van der Waals surface area contributed by atoms with Crippen LogP contribution in [-0.2, 0) is 0 Å². The fraction of sp³-hybridized carbons (Fsp3) is 0.429. The molecule has 0 spiro atoms. The van der Waals surface area contributed by atoms with E-state index < -0.39 is 12.5 Å². The van der Waals surface area contributed by atoms with E-state index in [1.807, 2.05) is 5.38 Å². The number of thiophene rings is 1. The highest BCUT2D eigenvalue weighted by Crippen LogP contribution is 2.27. The molecular formula is C7H8BrF2NS. The van der Waals surface area contributed by atoms with Crippen LogP contribution in [0.5, 0.6) is 0 Å². The molecule has 0 aliphatic carbocycles. The Bertz CT molecular complexity index is 251. The highest BCUT2D eigenvalue weighted by Gasteiger charge is 2.14. The molecule has 12 heavy (non-hydrogen) atoms. The number of hydrogen-bond donors (Lipinski definition) is 1. The van der Waals surface area contributed by atoms with Crippen LogP contribution in [0.3, 0.4) is 0 Å². The van der Waals surface area contributed by atoms with Gasteiger partial charge < -0.3 is 5.73 Å². The van der Waals surface area contributed by atoms with Gasteiger partial charge >= 0.3 is 0 Å². The van der Waals surface area contributed by atoms with Crippen LogP contribution < -0.4 is 5.73 Å². The molecule has 0 saturated heterocycles. The monoisotopic (exact) mass is 255 g/mol. The Hall–Kier alpha value is -0.0000000000000000833. The van der Waals surface area contributed by atoms with Gasteiger partial charge in [0.1, 0.15) is 0 Å². The quantitative estimate of drug-likeness (QED) is 0.883. The molecular weight excluding hydrogens is 248 g/mol. The second kappa shape index (κ2) is 4.30. The summed E-state index contributed by atoms with van der Waals surface area (Å²) in [6, 6.07) is 1.24. The smallest absolute Gasteiger partial charge is 0.240 e. The molecule has 0 aromatic carbocycles. The summed E-state index contributed by atoms with van der Waals surface area (Å²) in [5, 5.41) is 1.83. The maximum Gasteiger partial charge on any atom is 0.240 e. The summed E-state index contributed by atoms with van der Waals surface area (Å²) in [7, 11) is 0. The van der Waals surface area contributed by atoms with E-state index in [4.69, 9.17) is 5.73 Å². The Morgan fingerprint density at radius 1 is 1.58 bits per heavy atom. The van der Waals surface area contributed by atoms with E-state index in [0.717, 1.165) is 9.35 Å². The molecule has 0 unspecified atom stereocenters. The SMILES string of the molecule is N[C@@H](CC(F)F)c1cc(Br)cs1. The number of nitrogens with two attached hydrogens (primary N) is 1. The van der Waals surface area contributed by atoms with Gasteiger partial charge in [0, 0.05) is 27.2 Å². The largest absolute Gasteiger partial charge is 0.323 e. The van der Waals surface area contributed by atoms with E-state index in [9.17, 15) is 8.78 Å². The van der Waals surface area contributed by atoms with Crippen molar-refractivity contribution < 1.29 is 8.78 Å². The lowest BCUT2D eigenvalue weighted by Crippen LogP contribution is -2.12. The van der Waals surface area contributed by atoms with E-state index in [1.54, 1.807) is 6.07 Å². The molecule has 1 aromatic heterocycles. The average Bonchev–Trinajstić information content (AvgIpc) is 2.34. The summed E-state index contributed by atoms with van der Waals surface area (Å²) in [4.78, 5) is 0.794. The van der Waals surface area contributed by atoms with Gasteiger partial charge in [-0.15, -0.1) is 11.3 Å². The van der Waals surface area contributed by atoms with Crippen molar-refractivity contribution in [2.45, 2.75) is 18.9 Å². The minimum atomic E-state index is -2.33. The standard InChI is InChI=1S/C7H8BrF2NS/c8-4-1-6(12-3-4)5(11)2-7(9)10/h1,3,5,7H,2,11H2/t5-/m0/s1. The van der Waals surface area contributed by atoms with E-state index in [2.05, 4.69) is 15.9 Å². The van der Waals surface area contributed by atoms with Crippen molar-refractivity contribution in [3.05, 3.63) is 20.8 Å². The van der Waals surface area contributed by atoms with Crippen LogP contribution in [0.2, 0.25) is 0 Å². The van der Waals surface area contributed by atoms with Crippen molar-refractivity contribution in [2.75, 3.05) is 0 Å². The molecule has 1 atom stereocenters. The lowest BCUT2D eigenvalue weighted by Gasteiger charge is -2.07. The van der Waals surface area contributed by atoms with E-state index in [1.165, 1.54) is 11.3 Å². The molecule has 0 radical (unpaired) electrons. The molecule has 1 heterocycles. The van der Waals surface area contributed by atoms with Gasteiger partial charge in [-0.2, -0.15) is 0 Å². The van der Waals surface area contributed by atoms with Crippen LogP contribution in [0.15, 0.2) is 15.9 Å². The fourth-order valence-corrected chi connectivity index (χ4v) is 2.29. The van der Waals surface area contributed by atoms with Crippen molar-refractivity contribution in [3.8, 4) is 0 Å². The molecule has 0 aliphatic heterocycles. The second-order valence-corrected chi connectivity index (χ2v) is 4.26. The first kappa shape index (κ1) is 10.1. The first-order valence-electron chi connectivity index (χ1n) is 3.37. The maximum atomic E-state index is 11.9. The zero-order valence-corrected chi connectivity index (χ0v) is 8.54. The third-order valence-corrected chi connectivity index (χ3v) is 3.21. The summed E-state index contributed by atoms with van der Waals surface area (Å²) in [6.45, 7) is 0. The Morgan fingerprint density at radius 3 is 2.67 bits per heavy atom. The maximum absolute atomic E-state index is 11.9. The molecule has 0 amide bonds. The molecule has 5 heteroatoms. The fourth-order valence-electron chi connectivity index (χ4n) is 0.831. The van der Waals surface area contributed by atoms with Gasteiger partial charge in [0.05, 0.1) is 0 Å². The van der Waals surface area contributed by atoms with E-state index in [-0.39, 0.29) is 6.42 Å². The van der Waals surface area contributed by atoms with Gasteiger partial charge in [0.25, 0.3) is 0 Å². The van der Waals surface area contributed by atoms with Crippen molar-refractivity contribution in [1.82, 2.24) is 0 Å². The third kappa shape index (κ3) is 2.80. The van der Waals surface area contributed by atoms with Gasteiger partial charge in [0.2, 0.25) is 6.43 Å². The number of rotatable bonds is 3. The van der Waals surface area contributed by atoms with Crippen molar-refractivity contribution in [1.29, 1.82) is 0 Å². The van der Waals surface area contributed by atoms with Gasteiger partial charge in [-0.05, 0) is 22.0 Å². The summed E-state index contributed by atoms with van der Waals surface area (Å²) < 4.78 is 24.7. The minimum Gasteiger partial charge on any atom is -0.323 e. The van der Waals surface area contributed by atoms with Crippen LogP contribution >= 0.6 is 27.3 Å². The van der Waals surface area contributed by atoms with Crippen LogP contribution in [0.1, 0.15) is 17.3 Å². The Kier molecular flexibility index (Phi) is 3.61. The van der Waals surface area contributed by atoms with Crippen LogP contribution in [-0.4, -0.2) is 6.43 Å². The van der Waals surface area contributed by atoms with Crippen LogP contribution in [0.25, 0.3) is 0 Å². The molecule has 0 fully saturated rings. The van der Waals surface area contributed by atoms with Crippen LogP contribution in [0.4, 0.5) is 8.78 Å². The van der Waals surface area contributed by atoms with Crippen molar-refractivity contribution in [3.63, 3.8) is 0 Å². The van der Waals surface area contributed by atoms with Gasteiger partial charge in [-0.25, -0.2) is 8.78 Å². The van der Waals surface area contributed by atoms with Gasteiger partial charge in [0.15, 0.2) is 0 Å². The zero-order valence-electron chi connectivity index (χ0n) is 6.14. The predicted molar refractivity (Wildman–Crippen MR) is 49.6 cm³/mol. The topological polar surface area (TPSA) is 26.0 Å². The average molecular weight is 256 g/mol. The number of halogens is 3. The molecule has 0 saturated carbocycles. The highest BCUT2D eigenvalue weighted by molar-refractivity contribution is 9.10. The second-order valence-electron chi connectivity index (χ2n) is 2.40. The normalized spacial score (nSPS) is 13.8. The molecule has 0 aliphatic rings. The Labute approximate surface area is 81.7 Å². The number of hydrogen-bond acceptors (Lipinski definition) is 2. The molecule has 68 valence electrons. The van der Waals surface area contributed by atoms with Gasteiger partial charge in [-0.1, -0.05) is 0 Å². The Balaban J connectivity index is 2.58. The first-order valence-corrected chi connectivity index (χ1v) is 5.04. The van der Waals surface area contributed by atoms with Crippen molar-refractivity contribution >= 4 is 27.3 Å². The lowest BCUT2D eigenvalue weighted by molar-refractivity contribution is 0.129. The Morgan fingerprint density at radius 2 is 2.25 bits per heavy atom. The summed E-state index contributed by atoms with van der Waals surface area (Å²) in [5.74, 6) is 0. The molecule has 2 N–H and O–H groups in total. The molecule has 1 nitrogen and oxygen atoms in total. The molecule has 0 bridgehead atoms. The predicted octanol–water partition coefficient (Wildman–Crippen LogP) is 3.17. The third-order valence-electron chi connectivity index (χ3n) is 1.39. The van der Waals surface area contributed by atoms with E-state index >= 15 is 0 Å². The number of alkyl halides is 2. The van der Waals surface area contributed by atoms with Gasteiger partial charge in [-0.3, -0.25) is 0 Å². The van der Waals surface area contributed by atoms with Crippen molar-refractivity contribution in [2.24, 2.45) is 5.73 Å². The minimum absolute atomic E-state index is 0.271. The van der Waals surface area contributed by atoms with Crippen LogP contribution in [0, 0.1) is 0 Å². The first-order chi connectivity index (χ1) is 5.59. The lowest BCUT2D eigenvalue weighted by atomic mass is 10.2. The molecule has 1 aromatic rings. The summed E-state index contributed by atoms with van der Waals surface area (Å²) in [6.07, 6.45) is -2.60. The summed E-state index contributed by atoms with van der Waals surface area (Å²) >= 11 is 4.63. The summed E-state index contributed by atoms with van der Waals surface area (Å²) in [5.41, 5.74) is 5.52. The highest BCUT2D eigenvalue weighted by atomic mass is 79.9.